The third-order valence-corrected chi connectivity index (χ3v) is 2.92. The van der Waals surface area contributed by atoms with E-state index in [-0.39, 0.29) is 5.82 Å². The van der Waals surface area contributed by atoms with Crippen LogP contribution in [0.2, 0.25) is 0 Å². The minimum atomic E-state index is -0.171. The molecular weight excluding hydrogens is 235 g/mol. The van der Waals surface area contributed by atoms with Crippen LogP contribution in [0.3, 0.4) is 0 Å². The number of ether oxygens (including phenoxy) is 1. The van der Waals surface area contributed by atoms with Crippen LogP contribution < -0.4 is 0 Å². The highest BCUT2D eigenvalue weighted by Crippen LogP contribution is 2.22. The van der Waals surface area contributed by atoms with Crippen molar-refractivity contribution in [1.29, 1.82) is 0 Å². The molecule has 13 heavy (non-hydrogen) atoms. The van der Waals surface area contributed by atoms with Gasteiger partial charge < -0.3 is 4.74 Å². The van der Waals surface area contributed by atoms with Gasteiger partial charge in [0, 0.05) is 4.47 Å². The van der Waals surface area contributed by atoms with E-state index in [0.29, 0.717) is 6.10 Å². The number of halogens is 2. The molecule has 1 heterocycles. The maximum absolute atomic E-state index is 12.8. The van der Waals surface area contributed by atoms with Gasteiger partial charge in [-0.2, -0.15) is 0 Å². The third kappa shape index (κ3) is 2.51. The summed E-state index contributed by atoms with van der Waals surface area (Å²) in [6, 6.07) is 4.78. The molecule has 0 bridgehead atoms. The Morgan fingerprint density at radius 3 is 3.00 bits per heavy atom. The zero-order valence-electron chi connectivity index (χ0n) is 7.09. The molecule has 0 aliphatic carbocycles. The SMILES string of the molecule is Fc1ccc(Br)c(CCC2CO2)c1. The van der Waals surface area contributed by atoms with Crippen molar-refractivity contribution in [1.82, 2.24) is 0 Å². The molecule has 1 unspecified atom stereocenters. The number of rotatable bonds is 3. The Balaban J connectivity index is 2.03. The van der Waals surface area contributed by atoms with E-state index in [2.05, 4.69) is 15.9 Å². The van der Waals surface area contributed by atoms with Crippen molar-refractivity contribution in [2.24, 2.45) is 0 Å². The van der Waals surface area contributed by atoms with Crippen LogP contribution in [0.4, 0.5) is 4.39 Å². The monoisotopic (exact) mass is 244 g/mol. The summed E-state index contributed by atoms with van der Waals surface area (Å²) in [7, 11) is 0. The minimum Gasteiger partial charge on any atom is -0.373 e. The van der Waals surface area contributed by atoms with Gasteiger partial charge in [-0.3, -0.25) is 0 Å². The summed E-state index contributed by atoms with van der Waals surface area (Å²) in [5, 5.41) is 0. The minimum absolute atomic E-state index is 0.171. The largest absolute Gasteiger partial charge is 0.373 e. The molecule has 0 amide bonds. The first-order chi connectivity index (χ1) is 6.25. The second-order valence-corrected chi connectivity index (χ2v) is 4.08. The van der Waals surface area contributed by atoms with Gasteiger partial charge in [-0.25, -0.2) is 4.39 Å². The molecule has 0 aromatic heterocycles. The molecule has 1 fully saturated rings. The van der Waals surface area contributed by atoms with Crippen molar-refractivity contribution in [2.75, 3.05) is 6.61 Å². The van der Waals surface area contributed by atoms with E-state index in [0.717, 1.165) is 29.5 Å². The first kappa shape index (κ1) is 9.16. The Morgan fingerprint density at radius 1 is 1.54 bits per heavy atom. The zero-order valence-corrected chi connectivity index (χ0v) is 8.68. The molecule has 2 rings (SSSR count). The Kier molecular flexibility index (Phi) is 2.65. The second kappa shape index (κ2) is 3.76. The van der Waals surface area contributed by atoms with Crippen molar-refractivity contribution in [3.63, 3.8) is 0 Å². The number of benzene rings is 1. The Morgan fingerprint density at radius 2 is 2.31 bits per heavy atom. The Labute approximate surface area is 85.0 Å². The van der Waals surface area contributed by atoms with Crippen molar-refractivity contribution < 1.29 is 9.13 Å². The van der Waals surface area contributed by atoms with Crippen LogP contribution in [0.25, 0.3) is 0 Å². The van der Waals surface area contributed by atoms with Crippen molar-refractivity contribution in [2.45, 2.75) is 18.9 Å². The molecule has 1 aromatic carbocycles. The van der Waals surface area contributed by atoms with Crippen LogP contribution in [-0.4, -0.2) is 12.7 Å². The third-order valence-electron chi connectivity index (χ3n) is 2.15. The molecule has 1 aliphatic rings. The number of hydrogen-bond acceptors (Lipinski definition) is 1. The first-order valence-corrected chi connectivity index (χ1v) is 5.10. The van der Waals surface area contributed by atoms with Gasteiger partial charge in [-0.05, 0) is 36.6 Å². The van der Waals surface area contributed by atoms with Crippen LogP contribution in [0.5, 0.6) is 0 Å². The van der Waals surface area contributed by atoms with E-state index >= 15 is 0 Å². The van der Waals surface area contributed by atoms with Gasteiger partial charge in [0.1, 0.15) is 5.82 Å². The lowest BCUT2D eigenvalue weighted by Crippen LogP contribution is -1.93. The highest BCUT2D eigenvalue weighted by Gasteiger charge is 2.21. The summed E-state index contributed by atoms with van der Waals surface area (Å²) in [6.45, 7) is 0.868. The first-order valence-electron chi connectivity index (χ1n) is 4.31. The quantitative estimate of drug-likeness (QED) is 0.746. The standard InChI is InChI=1S/C10H10BrFO/c11-10-4-2-8(12)5-7(10)1-3-9-6-13-9/h2,4-5,9H,1,3,6H2. The molecule has 1 nitrogen and oxygen atoms in total. The molecule has 0 spiro atoms. The van der Waals surface area contributed by atoms with E-state index < -0.39 is 0 Å². The fourth-order valence-corrected chi connectivity index (χ4v) is 1.73. The molecule has 0 radical (unpaired) electrons. The highest BCUT2D eigenvalue weighted by atomic mass is 79.9. The lowest BCUT2D eigenvalue weighted by Gasteiger charge is -2.02. The van der Waals surface area contributed by atoms with Crippen LogP contribution in [0.1, 0.15) is 12.0 Å². The molecule has 1 saturated heterocycles. The smallest absolute Gasteiger partial charge is 0.123 e. The Bertz CT molecular complexity index is 310. The van der Waals surface area contributed by atoms with Gasteiger partial charge in [0.15, 0.2) is 0 Å². The topological polar surface area (TPSA) is 12.5 Å². The number of aryl methyl sites for hydroxylation is 1. The van der Waals surface area contributed by atoms with Gasteiger partial charge in [0.25, 0.3) is 0 Å². The maximum atomic E-state index is 12.8. The summed E-state index contributed by atoms with van der Waals surface area (Å²) in [5.41, 5.74) is 1.02. The van der Waals surface area contributed by atoms with Gasteiger partial charge in [0.2, 0.25) is 0 Å². The van der Waals surface area contributed by atoms with Gasteiger partial charge >= 0.3 is 0 Å². The molecule has 70 valence electrons. The van der Waals surface area contributed by atoms with E-state index in [1.165, 1.54) is 6.07 Å². The molecule has 3 heteroatoms. The fourth-order valence-electron chi connectivity index (χ4n) is 1.29. The summed E-state index contributed by atoms with van der Waals surface area (Å²) >= 11 is 3.39. The zero-order chi connectivity index (χ0) is 9.26. The highest BCUT2D eigenvalue weighted by molar-refractivity contribution is 9.10. The van der Waals surface area contributed by atoms with Crippen LogP contribution in [0.15, 0.2) is 22.7 Å². The molecule has 1 atom stereocenters. The van der Waals surface area contributed by atoms with Crippen LogP contribution in [-0.2, 0) is 11.2 Å². The predicted molar refractivity (Wildman–Crippen MR) is 52.2 cm³/mol. The van der Waals surface area contributed by atoms with E-state index in [1.54, 1.807) is 12.1 Å². The van der Waals surface area contributed by atoms with Crippen LogP contribution in [0, 0.1) is 5.82 Å². The predicted octanol–water partition coefficient (Wildman–Crippen LogP) is 2.92. The molecular formula is C10H10BrFO. The van der Waals surface area contributed by atoms with E-state index in [9.17, 15) is 4.39 Å². The van der Waals surface area contributed by atoms with Crippen molar-refractivity contribution >= 4 is 15.9 Å². The maximum Gasteiger partial charge on any atom is 0.123 e. The van der Waals surface area contributed by atoms with Crippen molar-refractivity contribution in [3.05, 3.63) is 34.1 Å². The summed E-state index contributed by atoms with van der Waals surface area (Å²) in [4.78, 5) is 0. The summed E-state index contributed by atoms with van der Waals surface area (Å²) in [5.74, 6) is -0.171. The normalized spacial score (nSPS) is 20.3. The summed E-state index contributed by atoms with van der Waals surface area (Å²) < 4.78 is 18.9. The van der Waals surface area contributed by atoms with Gasteiger partial charge in [-0.15, -0.1) is 0 Å². The Hall–Kier alpha value is -0.410. The molecule has 0 saturated carbocycles. The van der Waals surface area contributed by atoms with Crippen molar-refractivity contribution in [3.8, 4) is 0 Å². The second-order valence-electron chi connectivity index (χ2n) is 3.23. The molecule has 1 aliphatic heterocycles. The number of epoxide rings is 1. The summed E-state index contributed by atoms with van der Waals surface area (Å²) in [6.07, 6.45) is 2.28. The van der Waals surface area contributed by atoms with E-state index in [4.69, 9.17) is 4.74 Å². The van der Waals surface area contributed by atoms with Crippen LogP contribution >= 0.6 is 15.9 Å². The van der Waals surface area contributed by atoms with Gasteiger partial charge in [0.05, 0.1) is 12.7 Å². The lowest BCUT2D eigenvalue weighted by atomic mass is 10.1. The molecule has 1 aromatic rings. The van der Waals surface area contributed by atoms with E-state index in [1.807, 2.05) is 0 Å². The fraction of sp³-hybridized carbons (Fsp3) is 0.400. The number of hydrogen-bond donors (Lipinski definition) is 0. The van der Waals surface area contributed by atoms with Gasteiger partial charge in [-0.1, -0.05) is 15.9 Å². The average molecular weight is 245 g/mol. The average Bonchev–Trinajstić information content (AvgIpc) is 2.90. The molecule has 0 N–H and O–H groups in total. The lowest BCUT2D eigenvalue weighted by molar-refractivity contribution is 0.396.